The third-order valence-electron chi connectivity index (χ3n) is 3.09. The molecular formula is C15H17N3O2S. The summed E-state index contributed by atoms with van der Waals surface area (Å²) >= 11 is 1.56. The predicted molar refractivity (Wildman–Crippen MR) is 85.6 cm³/mol. The molecule has 1 heterocycles. The second-order valence-corrected chi connectivity index (χ2v) is 5.64. The molecule has 1 aromatic carbocycles. The molecule has 0 saturated carbocycles. The zero-order valence-electron chi connectivity index (χ0n) is 11.9. The third kappa shape index (κ3) is 3.61. The summed E-state index contributed by atoms with van der Waals surface area (Å²) in [6.07, 6.45) is 0. The number of nitrogens with one attached hydrogen (secondary N) is 2. The summed E-state index contributed by atoms with van der Waals surface area (Å²) in [4.78, 5) is 23.5. The Morgan fingerprint density at radius 2 is 2.00 bits per heavy atom. The first kappa shape index (κ1) is 15.1. The molecule has 2 rings (SSSR count). The van der Waals surface area contributed by atoms with E-state index in [1.165, 1.54) is 6.92 Å². The number of amides is 2. The number of hydrogen-bond donors (Lipinski definition) is 3. The average Bonchev–Trinajstić information content (AvgIpc) is 2.83. The number of anilines is 2. The van der Waals surface area contributed by atoms with Crippen molar-refractivity contribution in [1.82, 2.24) is 0 Å². The van der Waals surface area contributed by atoms with E-state index in [4.69, 9.17) is 5.73 Å². The van der Waals surface area contributed by atoms with Gasteiger partial charge in [0.05, 0.1) is 12.2 Å². The van der Waals surface area contributed by atoms with E-state index in [9.17, 15) is 9.59 Å². The van der Waals surface area contributed by atoms with Crippen LogP contribution in [0.15, 0.2) is 29.6 Å². The van der Waals surface area contributed by atoms with Gasteiger partial charge in [-0.25, -0.2) is 0 Å². The normalized spacial score (nSPS) is 10.2. The monoisotopic (exact) mass is 303 g/mol. The minimum atomic E-state index is -0.439. The summed E-state index contributed by atoms with van der Waals surface area (Å²) in [7, 11) is 0. The van der Waals surface area contributed by atoms with Crippen LogP contribution in [-0.2, 0) is 11.3 Å². The van der Waals surface area contributed by atoms with Crippen LogP contribution in [0.4, 0.5) is 11.4 Å². The number of rotatable bonds is 5. The lowest BCUT2D eigenvalue weighted by Gasteiger charge is -2.12. The van der Waals surface area contributed by atoms with Crippen molar-refractivity contribution in [3.05, 3.63) is 45.6 Å². The highest BCUT2D eigenvalue weighted by molar-refractivity contribution is 7.10. The molecule has 4 N–H and O–H groups in total. The van der Waals surface area contributed by atoms with Crippen molar-refractivity contribution in [3.63, 3.8) is 0 Å². The Hall–Kier alpha value is -2.34. The fourth-order valence-electron chi connectivity index (χ4n) is 2.05. The van der Waals surface area contributed by atoms with Crippen molar-refractivity contribution in [3.8, 4) is 0 Å². The smallest absolute Gasteiger partial charge is 0.249 e. The largest absolute Gasteiger partial charge is 0.380 e. The number of carbonyl (C=O) groups excluding carboxylic acids is 2. The number of primary amides is 1. The SMILES string of the molecule is CC(=O)Nc1ccsc1CNc1cccc(C(N)=O)c1C. The highest BCUT2D eigenvalue weighted by atomic mass is 32.1. The van der Waals surface area contributed by atoms with Crippen molar-refractivity contribution in [2.45, 2.75) is 20.4 Å². The fourth-order valence-corrected chi connectivity index (χ4v) is 2.82. The van der Waals surface area contributed by atoms with E-state index in [1.807, 2.05) is 24.4 Å². The van der Waals surface area contributed by atoms with Crippen LogP contribution < -0.4 is 16.4 Å². The van der Waals surface area contributed by atoms with Gasteiger partial charge in [0.2, 0.25) is 11.8 Å². The Morgan fingerprint density at radius 3 is 2.67 bits per heavy atom. The van der Waals surface area contributed by atoms with E-state index in [1.54, 1.807) is 23.5 Å². The lowest BCUT2D eigenvalue weighted by molar-refractivity contribution is -0.114. The Bertz CT molecular complexity index is 679. The van der Waals surface area contributed by atoms with Gasteiger partial charge >= 0.3 is 0 Å². The van der Waals surface area contributed by atoms with Crippen LogP contribution >= 0.6 is 11.3 Å². The molecule has 21 heavy (non-hydrogen) atoms. The minimum absolute atomic E-state index is 0.0958. The van der Waals surface area contributed by atoms with Gasteiger partial charge in [0, 0.05) is 23.1 Å². The van der Waals surface area contributed by atoms with Crippen LogP contribution in [-0.4, -0.2) is 11.8 Å². The summed E-state index contributed by atoms with van der Waals surface area (Å²) in [5, 5.41) is 7.99. The van der Waals surface area contributed by atoms with Crippen LogP contribution in [0.5, 0.6) is 0 Å². The zero-order chi connectivity index (χ0) is 15.4. The molecule has 2 amide bonds. The molecule has 0 radical (unpaired) electrons. The third-order valence-corrected chi connectivity index (χ3v) is 4.02. The highest BCUT2D eigenvalue weighted by Gasteiger charge is 2.10. The Kier molecular flexibility index (Phi) is 4.59. The molecule has 0 fully saturated rings. The Labute approximate surface area is 127 Å². The van der Waals surface area contributed by atoms with Gasteiger partial charge in [-0.1, -0.05) is 6.07 Å². The second-order valence-electron chi connectivity index (χ2n) is 4.63. The molecule has 0 bridgehead atoms. The lowest BCUT2D eigenvalue weighted by atomic mass is 10.1. The highest BCUT2D eigenvalue weighted by Crippen LogP contribution is 2.25. The first-order valence-electron chi connectivity index (χ1n) is 6.46. The maximum Gasteiger partial charge on any atom is 0.249 e. The van der Waals surface area contributed by atoms with E-state index < -0.39 is 5.91 Å². The van der Waals surface area contributed by atoms with Crippen molar-refractivity contribution < 1.29 is 9.59 Å². The number of nitrogens with two attached hydrogens (primary N) is 1. The van der Waals surface area contributed by atoms with Crippen molar-refractivity contribution >= 4 is 34.5 Å². The molecule has 0 unspecified atom stereocenters. The van der Waals surface area contributed by atoms with Crippen molar-refractivity contribution in [1.29, 1.82) is 0 Å². The molecule has 0 aliphatic heterocycles. The maximum absolute atomic E-state index is 11.3. The average molecular weight is 303 g/mol. The topological polar surface area (TPSA) is 84.2 Å². The molecule has 0 aliphatic rings. The second kappa shape index (κ2) is 6.41. The van der Waals surface area contributed by atoms with Crippen LogP contribution in [0.3, 0.4) is 0 Å². The first-order valence-corrected chi connectivity index (χ1v) is 7.34. The van der Waals surface area contributed by atoms with E-state index >= 15 is 0 Å². The van der Waals surface area contributed by atoms with E-state index in [-0.39, 0.29) is 5.91 Å². The van der Waals surface area contributed by atoms with Crippen LogP contribution in [0, 0.1) is 6.92 Å². The molecular weight excluding hydrogens is 286 g/mol. The number of benzene rings is 1. The van der Waals surface area contributed by atoms with Gasteiger partial charge in [0.1, 0.15) is 0 Å². The van der Waals surface area contributed by atoms with Gasteiger partial charge < -0.3 is 16.4 Å². The van der Waals surface area contributed by atoms with Gasteiger partial charge in [-0.05, 0) is 36.1 Å². The lowest BCUT2D eigenvalue weighted by Crippen LogP contribution is -2.14. The van der Waals surface area contributed by atoms with Crippen LogP contribution in [0.1, 0.15) is 27.7 Å². The summed E-state index contributed by atoms with van der Waals surface area (Å²) in [5.74, 6) is -0.534. The molecule has 5 nitrogen and oxygen atoms in total. The quantitative estimate of drug-likeness (QED) is 0.794. The Morgan fingerprint density at radius 1 is 1.24 bits per heavy atom. The molecule has 0 aliphatic carbocycles. The van der Waals surface area contributed by atoms with Gasteiger partial charge in [-0.3, -0.25) is 9.59 Å². The molecule has 2 aromatic rings. The van der Waals surface area contributed by atoms with Crippen molar-refractivity contribution in [2.24, 2.45) is 5.73 Å². The summed E-state index contributed by atoms with van der Waals surface area (Å²) in [6, 6.07) is 7.26. The predicted octanol–water partition coefficient (Wildman–Crippen LogP) is 2.73. The summed E-state index contributed by atoms with van der Waals surface area (Å²) in [5.41, 5.74) is 8.33. The number of carbonyl (C=O) groups is 2. The summed E-state index contributed by atoms with van der Waals surface area (Å²) in [6.45, 7) is 3.90. The van der Waals surface area contributed by atoms with Crippen LogP contribution in [0.25, 0.3) is 0 Å². The molecule has 0 saturated heterocycles. The van der Waals surface area contributed by atoms with E-state index in [2.05, 4.69) is 10.6 Å². The standard InChI is InChI=1S/C15H17N3O2S/c1-9-11(15(16)20)4-3-5-12(9)17-8-14-13(6-7-21-14)18-10(2)19/h3-7,17H,8H2,1-2H3,(H2,16,20)(H,18,19). The van der Waals surface area contributed by atoms with Gasteiger partial charge in [-0.15, -0.1) is 11.3 Å². The molecule has 0 atom stereocenters. The number of thiophene rings is 1. The molecule has 110 valence electrons. The molecule has 1 aromatic heterocycles. The van der Waals surface area contributed by atoms with Gasteiger partial charge in [0.15, 0.2) is 0 Å². The number of hydrogen-bond acceptors (Lipinski definition) is 4. The first-order chi connectivity index (χ1) is 9.99. The maximum atomic E-state index is 11.3. The van der Waals surface area contributed by atoms with E-state index in [0.717, 1.165) is 21.8 Å². The molecule has 6 heteroatoms. The van der Waals surface area contributed by atoms with Gasteiger partial charge in [0.25, 0.3) is 0 Å². The van der Waals surface area contributed by atoms with Gasteiger partial charge in [-0.2, -0.15) is 0 Å². The van der Waals surface area contributed by atoms with Crippen LogP contribution in [0.2, 0.25) is 0 Å². The van der Waals surface area contributed by atoms with Crippen molar-refractivity contribution in [2.75, 3.05) is 10.6 Å². The van der Waals surface area contributed by atoms with E-state index in [0.29, 0.717) is 12.1 Å². The fraction of sp³-hybridized carbons (Fsp3) is 0.200. The Balaban J connectivity index is 2.14. The summed E-state index contributed by atoms with van der Waals surface area (Å²) < 4.78 is 0. The minimum Gasteiger partial charge on any atom is -0.380 e. The molecule has 0 spiro atoms. The zero-order valence-corrected chi connectivity index (χ0v) is 12.7.